The van der Waals surface area contributed by atoms with E-state index in [-0.39, 0.29) is 5.60 Å². The first-order chi connectivity index (χ1) is 7.02. The van der Waals surface area contributed by atoms with E-state index < -0.39 is 0 Å². The number of hydrogen-bond acceptors (Lipinski definition) is 3. The normalized spacial score (nSPS) is 29.0. The molecule has 2 fully saturated rings. The van der Waals surface area contributed by atoms with Gasteiger partial charge < -0.3 is 10.1 Å². The number of rotatable bonds is 4. The number of likely N-dealkylation sites (tertiary alicyclic amines) is 1. The standard InChI is InChI=1S/C12H24N2O/c1-11(2)5-4-6-14(11)7-8-15-12(3)9-13-10-12/h13H,4-10H2,1-3H3. The highest BCUT2D eigenvalue weighted by Crippen LogP contribution is 2.27. The van der Waals surface area contributed by atoms with Gasteiger partial charge in [0, 0.05) is 25.2 Å². The van der Waals surface area contributed by atoms with Gasteiger partial charge in [-0.2, -0.15) is 0 Å². The number of nitrogens with zero attached hydrogens (tertiary/aromatic N) is 1. The van der Waals surface area contributed by atoms with Crippen LogP contribution < -0.4 is 5.32 Å². The summed E-state index contributed by atoms with van der Waals surface area (Å²) in [4.78, 5) is 2.56. The summed E-state index contributed by atoms with van der Waals surface area (Å²) in [5.74, 6) is 0. The summed E-state index contributed by atoms with van der Waals surface area (Å²) < 4.78 is 5.92. The lowest BCUT2D eigenvalue weighted by Crippen LogP contribution is -2.59. The lowest BCUT2D eigenvalue weighted by molar-refractivity contribution is -0.0752. The summed E-state index contributed by atoms with van der Waals surface area (Å²) >= 11 is 0. The molecule has 0 aromatic heterocycles. The molecule has 1 N–H and O–H groups in total. The molecule has 2 aliphatic rings. The van der Waals surface area contributed by atoms with Gasteiger partial charge in [0.1, 0.15) is 0 Å². The summed E-state index contributed by atoms with van der Waals surface area (Å²) in [7, 11) is 0. The lowest BCUT2D eigenvalue weighted by atomic mass is 10.00. The van der Waals surface area contributed by atoms with Crippen LogP contribution in [0.25, 0.3) is 0 Å². The molecule has 3 nitrogen and oxygen atoms in total. The fourth-order valence-electron chi connectivity index (χ4n) is 2.56. The van der Waals surface area contributed by atoms with Crippen LogP contribution in [0.3, 0.4) is 0 Å². The molecule has 0 radical (unpaired) electrons. The van der Waals surface area contributed by atoms with E-state index in [1.807, 2.05) is 0 Å². The highest BCUT2D eigenvalue weighted by Gasteiger charge is 2.34. The summed E-state index contributed by atoms with van der Waals surface area (Å²) in [6.45, 7) is 12.1. The van der Waals surface area contributed by atoms with Gasteiger partial charge in [0.25, 0.3) is 0 Å². The fourth-order valence-corrected chi connectivity index (χ4v) is 2.56. The molecule has 0 spiro atoms. The monoisotopic (exact) mass is 212 g/mol. The van der Waals surface area contributed by atoms with Crippen molar-refractivity contribution in [1.82, 2.24) is 10.2 Å². The molecule has 0 amide bonds. The Labute approximate surface area is 93.2 Å². The predicted octanol–water partition coefficient (Wildman–Crippen LogP) is 1.24. The van der Waals surface area contributed by atoms with Crippen molar-refractivity contribution in [2.45, 2.75) is 44.8 Å². The van der Waals surface area contributed by atoms with Crippen molar-refractivity contribution >= 4 is 0 Å². The van der Waals surface area contributed by atoms with Gasteiger partial charge in [-0.1, -0.05) is 0 Å². The van der Waals surface area contributed by atoms with Crippen LogP contribution in [0.5, 0.6) is 0 Å². The minimum absolute atomic E-state index is 0.115. The Morgan fingerprint density at radius 3 is 2.47 bits per heavy atom. The quantitative estimate of drug-likeness (QED) is 0.759. The maximum atomic E-state index is 5.92. The highest BCUT2D eigenvalue weighted by atomic mass is 16.5. The Balaban J connectivity index is 1.69. The zero-order valence-electron chi connectivity index (χ0n) is 10.3. The van der Waals surface area contributed by atoms with E-state index in [1.165, 1.54) is 19.4 Å². The third kappa shape index (κ3) is 2.52. The van der Waals surface area contributed by atoms with Crippen LogP contribution in [0, 0.1) is 0 Å². The van der Waals surface area contributed by atoms with Gasteiger partial charge in [-0.05, 0) is 40.2 Å². The third-order valence-corrected chi connectivity index (χ3v) is 3.88. The Hall–Kier alpha value is -0.120. The van der Waals surface area contributed by atoms with Crippen LogP contribution in [0.2, 0.25) is 0 Å². The van der Waals surface area contributed by atoms with E-state index in [9.17, 15) is 0 Å². The van der Waals surface area contributed by atoms with Crippen molar-refractivity contribution in [3.05, 3.63) is 0 Å². The van der Waals surface area contributed by atoms with Gasteiger partial charge in [-0.25, -0.2) is 0 Å². The van der Waals surface area contributed by atoms with E-state index in [1.54, 1.807) is 0 Å². The Kier molecular flexibility index (Phi) is 3.06. The molecular weight excluding hydrogens is 188 g/mol. The Morgan fingerprint density at radius 1 is 1.27 bits per heavy atom. The largest absolute Gasteiger partial charge is 0.371 e. The fraction of sp³-hybridized carbons (Fsp3) is 1.00. The zero-order chi connectivity index (χ0) is 10.9. The van der Waals surface area contributed by atoms with E-state index in [4.69, 9.17) is 4.74 Å². The second-order valence-corrected chi connectivity index (χ2v) is 5.80. The topological polar surface area (TPSA) is 24.5 Å². The maximum absolute atomic E-state index is 5.92. The van der Waals surface area contributed by atoms with Gasteiger partial charge in [-0.15, -0.1) is 0 Å². The van der Waals surface area contributed by atoms with Crippen molar-refractivity contribution in [3.63, 3.8) is 0 Å². The Morgan fingerprint density at radius 2 is 2.00 bits per heavy atom. The number of nitrogens with one attached hydrogen (secondary N) is 1. The molecule has 2 saturated heterocycles. The van der Waals surface area contributed by atoms with Gasteiger partial charge in [-0.3, -0.25) is 4.90 Å². The molecule has 0 bridgehead atoms. The molecule has 88 valence electrons. The first kappa shape index (κ1) is 11.4. The minimum Gasteiger partial charge on any atom is -0.371 e. The molecular formula is C12H24N2O. The Bertz CT molecular complexity index is 224. The molecule has 3 heteroatoms. The van der Waals surface area contributed by atoms with Gasteiger partial charge in [0.15, 0.2) is 0 Å². The summed E-state index contributed by atoms with van der Waals surface area (Å²) in [6.07, 6.45) is 2.66. The van der Waals surface area contributed by atoms with Crippen LogP contribution >= 0.6 is 0 Å². The second-order valence-electron chi connectivity index (χ2n) is 5.80. The molecule has 0 atom stereocenters. The zero-order valence-corrected chi connectivity index (χ0v) is 10.3. The second kappa shape index (κ2) is 4.04. The first-order valence-corrected chi connectivity index (χ1v) is 6.12. The summed E-state index contributed by atoms with van der Waals surface area (Å²) in [5, 5.41) is 3.26. The van der Waals surface area contributed by atoms with Gasteiger partial charge in [0.05, 0.1) is 12.2 Å². The SMILES string of the molecule is CC1(OCCN2CCCC2(C)C)CNC1. The van der Waals surface area contributed by atoms with E-state index in [0.29, 0.717) is 5.54 Å². The van der Waals surface area contributed by atoms with Crippen LogP contribution in [-0.2, 0) is 4.74 Å². The summed E-state index contributed by atoms with van der Waals surface area (Å²) in [5.41, 5.74) is 0.506. The maximum Gasteiger partial charge on any atom is 0.0902 e. The molecule has 2 rings (SSSR count). The molecule has 2 aliphatic heterocycles. The third-order valence-electron chi connectivity index (χ3n) is 3.88. The van der Waals surface area contributed by atoms with E-state index in [2.05, 4.69) is 31.0 Å². The molecule has 0 aromatic rings. The van der Waals surface area contributed by atoms with Crippen LogP contribution in [0.1, 0.15) is 33.6 Å². The van der Waals surface area contributed by atoms with Crippen molar-refractivity contribution in [2.24, 2.45) is 0 Å². The average molecular weight is 212 g/mol. The van der Waals surface area contributed by atoms with Crippen LogP contribution in [0.4, 0.5) is 0 Å². The number of hydrogen-bond donors (Lipinski definition) is 1. The van der Waals surface area contributed by atoms with Crippen molar-refractivity contribution in [1.29, 1.82) is 0 Å². The van der Waals surface area contributed by atoms with Gasteiger partial charge in [0.2, 0.25) is 0 Å². The van der Waals surface area contributed by atoms with Crippen LogP contribution in [-0.4, -0.2) is 48.8 Å². The van der Waals surface area contributed by atoms with E-state index in [0.717, 1.165) is 26.2 Å². The lowest BCUT2D eigenvalue weighted by Gasteiger charge is -2.40. The predicted molar refractivity (Wildman–Crippen MR) is 62.1 cm³/mol. The van der Waals surface area contributed by atoms with Crippen molar-refractivity contribution < 1.29 is 4.74 Å². The van der Waals surface area contributed by atoms with Crippen molar-refractivity contribution in [2.75, 3.05) is 32.8 Å². The first-order valence-electron chi connectivity index (χ1n) is 6.12. The average Bonchev–Trinajstić information content (AvgIpc) is 2.43. The van der Waals surface area contributed by atoms with Crippen LogP contribution in [0.15, 0.2) is 0 Å². The molecule has 0 aliphatic carbocycles. The number of ether oxygens (including phenoxy) is 1. The van der Waals surface area contributed by atoms with Gasteiger partial charge >= 0.3 is 0 Å². The highest BCUT2D eigenvalue weighted by molar-refractivity contribution is 4.91. The van der Waals surface area contributed by atoms with Crippen molar-refractivity contribution in [3.8, 4) is 0 Å². The molecule has 0 unspecified atom stereocenters. The molecule has 2 heterocycles. The molecule has 0 saturated carbocycles. The summed E-state index contributed by atoms with van der Waals surface area (Å²) in [6, 6.07) is 0. The molecule has 15 heavy (non-hydrogen) atoms. The van der Waals surface area contributed by atoms with E-state index >= 15 is 0 Å². The minimum atomic E-state index is 0.115. The molecule has 0 aromatic carbocycles. The smallest absolute Gasteiger partial charge is 0.0902 e.